The van der Waals surface area contributed by atoms with E-state index in [-0.39, 0.29) is 33.2 Å². The van der Waals surface area contributed by atoms with Crippen LogP contribution in [0.4, 0.5) is 0 Å². The summed E-state index contributed by atoms with van der Waals surface area (Å²) < 4.78 is 13.1. The Hall–Kier alpha value is -4.94. The monoisotopic (exact) mass is 754 g/mol. The van der Waals surface area contributed by atoms with E-state index in [2.05, 4.69) is 144 Å². The van der Waals surface area contributed by atoms with Crippen molar-refractivity contribution >= 4 is 0 Å². The molecule has 2 atom stereocenters. The fourth-order valence-electron chi connectivity index (χ4n) is 7.35. The molecule has 4 aromatic rings. The Labute approximate surface area is 336 Å². The summed E-state index contributed by atoms with van der Waals surface area (Å²) in [5.74, 6) is 1.60. The molecule has 6 nitrogen and oxygen atoms in total. The first-order valence-electron chi connectivity index (χ1n) is 20.0. The van der Waals surface area contributed by atoms with Gasteiger partial charge >= 0.3 is 0 Å². The third kappa shape index (κ3) is 9.19. The molecule has 0 saturated heterocycles. The van der Waals surface area contributed by atoms with Crippen LogP contribution < -0.4 is 9.47 Å². The lowest BCUT2D eigenvalue weighted by Crippen LogP contribution is -2.18. The van der Waals surface area contributed by atoms with Crippen LogP contribution in [0, 0.1) is 22.7 Å². The topological polar surface area (TPSA) is 107 Å². The maximum absolute atomic E-state index is 12.3. The molecule has 0 saturated carbocycles. The van der Waals surface area contributed by atoms with Gasteiger partial charge in [0.25, 0.3) is 0 Å². The van der Waals surface area contributed by atoms with Gasteiger partial charge in [-0.3, -0.25) is 0 Å². The molecule has 56 heavy (non-hydrogen) atoms. The van der Waals surface area contributed by atoms with Gasteiger partial charge in [0.1, 0.15) is 35.1 Å². The first kappa shape index (κ1) is 42.2. The minimum atomic E-state index is -0.731. The number of aromatic hydroxyl groups is 2. The van der Waals surface area contributed by atoms with E-state index in [1.54, 1.807) is 13.8 Å². The van der Waals surface area contributed by atoms with E-state index in [0.717, 1.165) is 66.8 Å². The molecule has 0 spiro atoms. The van der Waals surface area contributed by atoms with E-state index in [0.29, 0.717) is 37.2 Å². The molecule has 0 radical (unpaired) electrons. The lowest BCUT2D eigenvalue weighted by atomic mass is 9.79. The Morgan fingerprint density at radius 2 is 0.625 bits per heavy atom. The highest BCUT2D eigenvalue weighted by Crippen LogP contribution is 2.44. The van der Waals surface area contributed by atoms with Gasteiger partial charge in [-0.25, -0.2) is 0 Å². The van der Waals surface area contributed by atoms with Crippen LogP contribution in [0.25, 0.3) is 0 Å². The van der Waals surface area contributed by atoms with Crippen LogP contribution in [0.2, 0.25) is 0 Å². The molecule has 1 aliphatic rings. The molecule has 296 valence electrons. The maximum atomic E-state index is 12.3. The summed E-state index contributed by atoms with van der Waals surface area (Å²) in [6.45, 7) is 29.6. The number of benzene rings is 4. The summed E-state index contributed by atoms with van der Waals surface area (Å²) in [6.07, 6.45) is -0.0403. The second kappa shape index (κ2) is 15.2. The minimum absolute atomic E-state index is 0.201. The van der Waals surface area contributed by atoms with Gasteiger partial charge in [0.2, 0.25) is 0 Å². The lowest BCUT2D eigenvalue weighted by Gasteiger charge is -2.28. The Balaban J connectivity index is 1.98. The quantitative estimate of drug-likeness (QED) is 0.189. The average molecular weight is 755 g/mol. The molecule has 1 aliphatic carbocycles. The predicted molar refractivity (Wildman–Crippen MR) is 227 cm³/mol. The molecule has 0 aromatic heterocycles. The Bertz CT molecular complexity index is 1970. The van der Waals surface area contributed by atoms with E-state index in [1.807, 2.05) is 0 Å². The van der Waals surface area contributed by atoms with Gasteiger partial charge in [0.05, 0.1) is 0 Å². The summed E-state index contributed by atoms with van der Waals surface area (Å²) in [4.78, 5) is 0. The second-order valence-electron chi connectivity index (χ2n) is 20.0. The zero-order valence-corrected chi connectivity index (χ0v) is 36.2. The number of rotatable bonds is 4. The van der Waals surface area contributed by atoms with E-state index in [9.17, 15) is 20.7 Å². The van der Waals surface area contributed by atoms with Crippen molar-refractivity contribution in [3.8, 4) is 35.1 Å². The van der Waals surface area contributed by atoms with Crippen LogP contribution in [-0.2, 0) is 47.3 Å². The number of nitriles is 2. The summed E-state index contributed by atoms with van der Waals surface area (Å²) in [5.41, 5.74) is 9.91. The third-order valence-electron chi connectivity index (χ3n) is 11.0. The van der Waals surface area contributed by atoms with Gasteiger partial charge < -0.3 is 19.7 Å². The fraction of sp³-hybridized carbons (Fsp3) is 0.480. The molecule has 0 amide bonds. The number of hydrogen-bond donors (Lipinski definition) is 2. The van der Waals surface area contributed by atoms with E-state index < -0.39 is 12.2 Å². The van der Waals surface area contributed by atoms with E-state index >= 15 is 0 Å². The minimum Gasteiger partial charge on any atom is -0.507 e. The van der Waals surface area contributed by atoms with Crippen molar-refractivity contribution in [1.82, 2.24) is 0 Å². The maximum Gasteiger partial charge on any atom is 0.181 e. The summed E-state index contributed by atoms with van der Waals surface area (Å²) >= 11 is 0. The predicted octanol–water partition coefficient (Wildman–Crippen LogP) is 11.5. The largest absolute Gasteiger partial charge is 0.507 e. The highest BCUT2D eigenvalue weighted by molar-refractivity contribution is 5.59. The van der Waals surface area contributed by atoms with Gasteiger partial charge in [-0.15, -0.1) is 0 Å². The number of fused-ring (bicyclic) bond motifs is 8. The van der Waals surface area contributed by atoms with Crippen molar-refractivity contribution in [2.75, 3.05) is 0 Å². The normalized spacial score (nSPS) is 14.6. The standard InChI is InChI=1S/C50H62N2O4/c1-29(27-51)55-45-35-15-31-19-39(47(3,4)5)21-33(43(31)53)17-37-25-42(50(12,13)14)26-38(46(37)56-30(2)28-52)18-34-22-40(48(6,7)8)20-32(44(34)54)16-36(45)24-41(23-35)49(9,10)11/h19-26,29-30,53-54H,15-18H2,1-14H3. The first-order chi connectivity index (χ1) is 25.8. The lowest BCUT2D eigenvalue weighted by molar-refractivity contribution is 0.271. The van der Waals surface area contributed by atoms with Crippen LogP contribution in [0.15, 0.2) is 48.5 Å². The van der Waals surface area contributed by atoms with Gasteiger partial charge in [0.15, 0.2) is 12.2 Å². The van der Waals surface area contributed by atoms with Crippen LogP contribution in [0.5, 0.6) is 23.0 Å². The molecule has 2 N–H and O–H groups in total. The summed E-state index contributed by atoms with van der Waals surface area (Å²) in [5, 5.41) is 44.7. The summed E-state index contributed by atoms with van der Waals surface area (Å²) in [6, 6.07) is 21.5. The fourth-order valence-corrected chi connectivity index (χ4v) is 7.35. The number of phenols is 2. The molecule has 0 fully saturated rings. The highest BCUT2D eigenvalue weighted by atomic mass is 16.5. The number of nitrogens with zero attached hydrogens (tertiary/aromatic N) is 2. The smallest absolute Gasteiger partial charge is 0.181 e. The van der Waals surface area contributed by atoms with Gasteiger partial charge in [-0.2, -0.15) is 10.5 Å². The molecule has 8 bridgehead atoms. The molecular formula is C50H62N2O4. The van der Waals surface area contributed by atoms with Gasteiger partial charge in [0, 0.05) is 25.7 Å². The van der Waals surface area contributed by atoms with Crippen LogP contribution in [0.1, 0.15) is 164 Å². The zero-order chi connectivity index (χ0) is 41.7. The molecule has 0 aliphatic heterocycles. The molecular weight excluding hydrogens is 693 g/mol. The van der Waals surface area contributed by atoms with Crippen LogP contribution in [-0.4, -0.2) is 22.4 Å². The Morgan fingerprint density at radius 1 is 0.429 bits per heavy atom. The third-order valence-corrected chi connectivity index (χ3v) is 11.0. The average Bonchev–Trinajstić information content (AvgIpc) is 3.07. The van der Waals surface area contributed by atoms with Crippen LogP contribution >= 0.6 is 0 Å². The van der Waals surface area contributed by atoms with E-state index in [4.69, 9.17) is 9.47 Å². The highest BCUT2D eigenvalue weighted by Gasteiger charge is 2.29. The van der Waals surface area contributed by atoms with Gasteiger partial charge in [-0.1, -0.05) is 132 Å². The number of hydrogen-bond acceptors (Lipinski definition) is 6. The SMILES string of the molecule is CC(C#N)Oc1c2cc(C(C)(C)C)cc1Cc1cc(C(C)(C)C)cc(c1O)Cc1cc(C(C)(C)C)cc(c1OC(C)C#N)Cc1cc(C(C)(C)C)cc(c1O)C2. The van der Waals surface area contributed by atoms with Crippen molar-refractivity contribution in [3.05, 3.63) is 115 Å². The van der Waals surface area contributed by atoms with Crippen molar-refractivity contribution in [1.29, 1.82) is 10.5 Å². The molecule has 2 unspecified atom stereocenters. The van der Waals surface area contributed by atoms with Crippen LogP contribution in [0.3, 0.4) is 0 Å². The molecule has 0 heterocycles. The molecule has 4 aromatic carbocycles. The Kier molecular flexibility index (Phi) is 11.4. The summed E-state index contributed by atoms with van der Waals surface area (Å²) in [7, 11) is 0. The van der Waals surface area contributed by atoms with Gasteiger partial charge in [-0.05, 0) is 102 Å². The first-order valence-corrected chi connectivity index (χ1v) is 20.0. The van der Waals surface area contributed by atoms with Crippen molar-refractivity contribution in [2.45, 2.75) is 156 Å². The second-order valence-corrected chi connectivity index (χ2v) is 20.0. The van der Waals surface area contributed by atoms with E-state index in [1.165, 1.54) is 0 Å². The molecule has 5 rings (SSSR count). The number of phenolic OH excluding ortho intramolecular Hbond substituents is 2. The Morgan fingerprint density at radius 3 is 0.804 bits per heavy atom. The molecule has 6 heteroatoms. The zero-order valence-electron chi connectivity index (χ0n) is 36.2. The van der Waals surface area contributed by atoms with Crippen molar-refractivity contribution in [3.63, 3.8) is 0 Å². The van der Waals surface area contributed by atoms with Crippen molar-refractivity contribution in [2.24, 2.45) is 0 Å². The number of ether oxygens (including phenoxy) is 2. The van der Waals surface area contributed by atoms with Crippen molar-refractivity contribution < 1.29 is 19.7 Å².